The Morgan fingerprint density at radius 2 is 2.38 bits per heavy atom. The highest BCUT2D eigenvalue weighted by molar-refractivity contribution is 5.80. The minimum atomic E-state index is 0.195. The van der Waals surface area contributed by atoms with Crippen molar-refractivity contribution in [2.45, 2.75) is 38.7 Å². The highest BCUT2D eigenvalue weighted by Crippen LogP contribution is 2.21. The van der Waals surface area contributed by atoms with Gasteiger partial charge in [-0.1, -0.05) is 6.08 Å². The number of carbonyl (C=O) groups is 1. The molecule has 2 rings (SSSR count). The second-order valence-electron chi connectivity index (χ2n) is 5.86. The number of allylic oxidation sites excluding steroid dienone is 2. The second-order valence-corrected chi connectivity index (χ2v) is 5.86. The van der Waals surface area contributed by atoms with Gasteiger partial charge in [-0.15, -0.1) is 0 Å². The molecule has 0 aromatic heterocycles. The highest BCUT2D eigenvalue weighted by atomic mass is 16.5. The lowest BCUT2D eigenvalue weighted by Gasteiger charge is -2.34. The Labute approximate surface area is 128 Å². The lowest BCUT2D eigenvalue weighted by Crippen LogP contribution is -2.49. The summed E-state index contributed by atoms with van der Waals surface area (Å²) in [5, 5.41) is 3.14. The van der Waals surface area contributed by atoms with Crippen molar-refractivity contribution in [2.24, 2.45) is 0 Å². The molecule has 5 nitrogen and oxygen atoms in total. The van der Waals surface area contributed by atoms with Crippen LogP contribution in [-0.4, -0.2) is 68.2 Å². The van der Waals surface area contributed by atoms with E-state index in [1.54, 1.807) is 0 Å². The molecule has 2 aliphatic rings. The van der Waals surface area contributed by atoms with Crippen LogP contribution >= 0.6 is 0 Å². The Bertz CT molecular complexity index is 369. The molecule has 1 aliphatic heterocycles. The van der Waals surface area contributed by atoms with Crippen LogP contribution in [0, 0.1) is 0 Å². The van der Waals surface area contributed by atoms with Crippen molar-refractivity contribution in [3.8, 4) is 0 Å². The second kappa shape index (κ2) is 8.51. The van der Waals surface area contributed by atoms with Crippen molar-refractivity contribution < 1.29 is 9.53 Å². The highest BCUT2D eigenvalue weighted by Gasteiger charge is 2.24. The summed E-state index contributed by atoms with van der Waals surface area (Å²) in [5.41, 5.74) is 1.23. The van der Waals surface area contributed by atoms with Gasteiger partial charge in [0.15, 0.2) is 0 Å². The van der Waals surface area contributed by atoms with Crippen LogP contribution in [0.5, 0.6) is 0 Å². The van der Waals surface area contributed by atoms with Gasteiger partial charge in [-0.25, -0.2) is 0 Å². The van der Waals surface area contributed by atoms with Crippen LogP contribution in [-0.2, 0) is 9.53 Å². The van der Waals surface area contributed by atoms with Gasteiger partial charge in [0, 0.05) is 31.9 Å². The molecule has 21 heavy (non-hydrogen) atoms. The molecule has 0 spiro atoms. The Morgan fingerprint density at radius 1 is 1.52 bits per heavy atom. The molecule has 0 radical (unpaired) electrons. The summed E-state index contributed by atoms with van der Waals surface area (Å²) in [4.78, 5) is 16.8. The summed E-state index contributed by atoms with van der Waals surface area (Å²) < 4.78 is 5.69. The van der Waals surface area contributed by atoms with Gasteiger partial charge in [0.1, 0.15) is 0 Å². The number of nitrogens with one attached hydrogen (secondary N) is 1. The largest absolute Gasteiger partial charge is 0.374 e. The molecular weight excluding hydrogens is 266 g/mol. The Hall–Kier alpha value is -0.910. The van der Waals surface area contributed by atoms with E-state index in [1.165, 1.54) is 18.5 Å². The van der Waals surface area contributed by atoms with Crippen molar-refractivity contribution in [3.63, 3.8) is 0 Å². The van der Waals surface area contributed by atoms with Crippen LogP contribution in [0.3, 0.4) is 0 Å². The van der Waals surface area contributed by atoms with Crippen LogP contribution in [0.1, 0.15) is 32.6 Å². The van der Waals surface area contributed by atoms with Gasteiger partial charge < -0.3 is 15.0 Å². The van der Waals surface area contributed by atoms with Gasteiger partial charge in [0.05, 0.1) is 19.3 Å². The maximum atomic E-state index is 12.6. The number of nitrogens with zero attached hydrogens (tertiary/aromatic N) is 2. The SMILES string of the molecule is CCN(C(=O)CN1CCOC(CNC)C1)C1=CCCCC1. The number of amides is 1. The van der Waals surface area contributed by atoms with Crippen molar-refractivity contribution in [1.29, 1.82) is 0 Å². The molecule has 5 heteroatoms. The quantitative estimate of drug-likeness (QED) is 0.800. The molecule has 1 saturated heterocycles. The first-order chi connectivity index (χ1) is 10.2. The smallest absolute Gasteiger partial charge is 0.240 e. The fourth-order valence-corrected chi connectivity index (χ4v) is 3.16. The summed E-state index contributed by atoms with van der Waals surface area (Å²) in [5.74, 6) is 0.232. The van der Waals surface area contributed by atoms with Crippen molar-refractivity contribution >= 4 is 5.91 Å². The summed E-state index contributed by atoms with van der Waals surface area (Å²) in [6.45, 7) is 6.59. The van der Waals surface area contributed by atoms with E-state index in [1.807, 2.05) is 11.9 Å². The molecule has 1 heterocycles. The zero-order chi connectivity index (χ0) is 15.1. The van der Waals surface area contributed by atoms with Gasteiger partial charge in [-0.3, -0.25) is 9.69 Å². The number of morpholine rings is 1. The molecule has 1 N–H and O–H groups in total. The number of carbonyl (C=O) groups excluding carboxylic acids is 1. The minimum absolute atomic E-state index is 0.195. The van der Waals surface area contributed by atoms with Gasteiger partial charge in [-0.05, 0) is 39.7 Å². The summed E-state index contributed by atoms with van der Waals surface area (Å²) in [6, 6.07) is 0. The van der Waals surface area contributed by atoms with E-state index in [9.17, 15) is 4.79 Å². The van der Waals surface area contributed by atoms with Crippen LogP contribution in [0.25, 0.3) is 0 Å². The van der Waals surface area contributed by atoms with Crippen LogP contribution in [0.15, 0.2) is 11.8 Å². The van der Waals surface area contributed by atoms with Gasteiger partial charge in [0.25, 0.3) is 0 Å². The average molecular weight is 295 g/mol. The number of rotatable bonds is 6. The molecule has 1 unspecified atom stereocenters. The Morgan fingerprint density at radius 3 is 3.05 bits per heavy atom. The summed E-state index contributed by atoms with van der Waals surface area (Å²) in [6.07, 6.45) is 7.06. The fraction of sp³-hybridized carbons (Fsp3) is 0.812. The zero-order valence-electron chi connectivity index (χ0n) is 13.4. The first kappa shape index (κ1) is 16.5. The molecule has 0 aromatic rings. The van der Waals surface area contributed by atoms with E-state index in [4.69, 9.17) is 4.74 Å². The van der Waals surface area contributed by atoms with Crippen LogP contribution in [0.2, 0.25) is 0 Å². The predicted octanol–water partition coefficient (Wildman–Crippen LogP) is 1.21. The first-order valence-electron chi connectivity index (χ1n) is 8.22. The number of ether oxygens (including phenoxy) is 1. The molecule has 0 saturated carbocycles. The van der Waals surface area contributed by atoms with E-state index in [-0.39, 0.29) is 12.0 Å². The van der Waals surface area contributed by atoms with Crippen molar-refractivity contribution in [3.05, 3.63) is 11.8 Å². The topological polar surface area (TPSA) is 44.8 Å². The van der Waals surface area contributed by atoms with E-state index in [0.29, 0.717) is 13.2 Å². The van der Waals surface area contributed by atoms with E-state index >= 15 is 0 Å². The maximum Gasteiger partial charge on any atom is 0.240 e. The van der Waals surface area contributed by atoms with Gasteiger partial charge >= 0.3 is 0 Å². The Balaban J connectivity index is 1.88. The van der Waals surface area contributed by atoms with Crippen LogP contribution < -0.4 is 5.32 Å². The third-order valence-electron chi connectivity index (χ3n) is 4.24. The number of hydrogen-bond acceptors (Lipinski definition) is 4. The average Bonchev–Trinajstić information content (AvgIpc) is 2.50. The molecule has 1 fully saturated rings. The third-order valence-corrected chi connectivity index (χ3v) is 4.24. The van der Waals surface area contributed by atoms with Crippen molar-refractivity contribution in [1.82, 2.24) is 15.1 Å². The lowest BCUT2D eigenvalue weighted by molar-refractivity contribution is -0.132. The fourth-order valence-electron chi connectivity index (χ4n) is 3.16. The normalized spacial score (nSPS) is 23.7. The molecular formula is C16H29N3O2. The molecule has 0 aromatic carbocycles. The number of likely N-dealkylation sites (N-methyl/N-ethyl adjacent to an activating group) is 2. The van der Waals surface area contributed by atoms with Gasteiger partial charge in [-0.2, -0.15) is 0 Å². The van der Waals surface area contributed by atoms with E-state index in [0.717, 1.165) is 39.0 Å². The van der Waals surface area contributed by atoms with Gasteiger partial charge in [0.2, 0.25) is 5.91 Å². The van der Waals surface area contributed by atoms with Crippen LogP contribution in [0.4, 0.5) is 0 Å². The van der Waals surface area contributed by atoms with E-state index in [2.05, 4.69) is 23.2 Å². The van der Waals surface area contributed by atoms with E-state index < -0.39 is 0 Å². The minimum Gasteiger partial charge on any atom is -0.374 e. The summed E-state index contributed by atoms with van der Waals surface area (Å²) >= 11 is 0. The van der Waals surface area contributed by atoms with Crippen molar-refractivity contribution in [2.75, 3.05) is 46.4 Å². The molecule has 1 atom stereocenters. The first-order valence-corrected chi connectivity index (χ1v) is 8.22. The molecule has 120 valence electrons. The number of hydrogen-bond donors (Lipinski definition) is 1. The zero-order valence-corrected chi connectivity index (χ0v) is 13.4. The summed E-state index contributed by atoms with van der Waals surface area (Å²) in [7, 11) is 1.93. The molecule has 1 amide bonds. The maximum absolute atomic E-state index is 12.6. The third kappa shape index (κ3) is 4.80. The standard InChI is InChI=1S/C16H29N3O2/c1-3-19(14-7-5-4-6-8-14)16(20)13-18-9-10-21-15(12-18)11-17-2/h7,15,17H,3-6,8-13H2,1-2H3. The Kier molecular flexibility index (Phi) is 6.67. The predicted molar refractivity (Wildman–Crippen MR) is 84.0 cm³/mol. The molecule has 0 bridgehead atoms. The lowest BCUT2D eigenvalue weighted by atomic mass is 10.0. The monoisotopic (exact) mass is 295 g/mol. The molecule has 1 aliphatic carbocycles.